The summed E-state index contributed by atoms with van der Waals surface area (Å²) in [4.78, 5) is 12.2. The summed E-state index contributed by atoms with van der Waals surface area (Å²) >= 11 is 0. The first-order valence-corrected chi connectivity index (χ1v) is 7.89. The summed E-state index contributed by atoms with van der Waals surface area (Å²) in [6.45, 7) is 6.15. The van der Waals surface area contributed by atoms with Crippen LogP contribution in [0.1, 0.15) is 46.5 Å². The molecule has 1 aromatic rings. The number of urea groups is 1. The average molecular weight is 290 g/mol. The van der Waals surface area contributed by atoms with Crippen molar-refractivity contribution in [1.29, 1.82) is 0 Å². The van der Waals surface area contributed by atoms with Gasteiger partial charge in [0.15, 0.2) is 0 Å². The predicted octanol–water partition coefficient (Wildman–Crippen LogP) is 4.17. The van der Waals surface area contributed by atoms with Gasteiger partial charge in [0.1, 0.15) is 5.75 Å². The molecule has 4 nitrogen and oxygen atoms in total. The normalized spacial score (nSPS) is 21.9. The van der Waals surface area contributed by atoms with Crippen LogP contribution in [0.15, 0.2) is 24.3 Å². The Labute approximate surface area is 127 Å². The molecule has 2 rings (SSSR count). The van der Waals surface area contributed by atoms with E-state index in [0.29, 0.717) is 17.4 Å². The van der Waals surface area contributed by atoms with E-state index in [0.717, 1.165) is 6.42 Å². The number of hydrogen-bond acceptors (Lipinski definition) is 2. The zero-order valence-corrected chi connectivity index (χ0v) is 13.2. The fourth-order valence-electron chi connectivity index (χ4n) is 2.78. The summed E-state index contributed by atoms with van der Waals surface area (Å²) in [5.41, 5.74) is 0.715. The Bertz CT molecular complexity index is 474. The minimum absolute atomic E-state index is 0.0781. The third-order valence-corrected chi connectivity index (χ3v) is 3.93. The van der Waals surface area contributed by atoms with E-state index in [1.807, 2.05) is 38.1 Å². The average Bonchev–Trinajstić information content (AvgIpc) is 2.43. The molecule has 4 heteroatoms. The molecule has 1 saturated carbocycles. The topological polar surface area (TPSA) is 50.4 Å². The fourth-order valence-corrected chi connectivity index (χ4v) is 2.78. The molecule has 0 saturated heterocycles. The summed E-state index contributed by atoms with van der Waals surface area (Å²) < 4.78 is 5.71. The zero-order chi connectivity index (χ0) is 15.2. The van der Waals surface area contributed by atoms with Crippen molar-refractivity contribution in [2.24, 2.45) is 5.92 Å². The molecule has 2 amide bonds. The van der Waals surface area contributed by atoms with Gasteiger partial charge in [0.25, 0.3) is 0 Å². The first kappa shape index (κ1) is 15.7. The quantitative estimate of drug-likeness (QED) is 0.874. The molecule has 0 bridgehead atoms. The molecule has 0 heterocycles. The lowest BCUT2D eigenvalue weighted by Crippen LogP contribution is -2.43. The second-order valence-corrected chi connectivity index (χ2v) is 6.13. The van der Waals surface area contributed by atoms with E-state index in [1.165, 1.54) is 19.3 Å². The molecule has 116 valence electrons. The highest BCUT2D eigenvalue weighted by Gasteiger charge is 2.23. The number of hydrogen-bond donors (Lipinski definition) is 2. The highest BCUT2D eigenvalue weighted by atomic mass is 16.5. The largest absolute Gasteiger partial charge is 0.489 e. The van der Waals surface area contributed by atoms with Gasteiger partial charge < -0.3 is 15.4 Å². The lowest BCUT2D eigenvalue weighted by Gasteiger charge is -2.29. The lowest BCUT2D eigenvalue weighted by molar-refractivity contribution is 0.231. The molecule has 2 atom stereocenters. The standard InChI is InChI=1S/C17H26N2O2/c1-12(2)21-16-11-7-6-10-15(16)19-17(20)18-14-9-5-4-8-13(14)3/h6-7,10-14H,4-5,8-9H2,1-3H3,(H2,18,19,20). The molecule has 0 radical (unpaired) electrons. The first-order chi connectivity index (χ1) is 10.1. The maximum atomic E-state index is 12.2. The fraction of sp³-hybridized carbons (Fsp3) is 0.588. The number of amides is 2. The molecule has 1 fully saturated rings. The van der Waals surface area contributed by atoms with E-state index < -0.39 is 0 Å². The molecule has 1 aliphatic carbocycles. The molecule has 1 aliphatic rings. The van der Waals surface area contributed by atoms with Gasteiger partial charge in [-0.05, 0) is 44.7 Å². The number of nitrogens with one attached hydrogen (secondary N) is 2. The molecule has 0 spiro atoms. The van der Waals surface area contributed by atoms with Gasteiger partial charge in [-0.25, -0.2) is 4.79 Å². The van der Waals surface area contributed by atoms with Gasteiger partial charge in [-0.1, -0.05) is 31.9 Å². The second kappa shape index (κ2) is 7.34. The number of benzene rings is 1. The summed E-state index contributed by atoms with van der Waals surface area (Å²) in [5.74, 6) is 1.26. The maximum Gasteiger partial charge on any atom is 0.319 e. The third kappa shape index (κ3) is 4.66. The first-order valence-electron chi connectivity index (χ1n) is 7.89. The van der Waals surface area contributed by atoms with E-state index in [2.05, 4.69) is 17.6 Å². The van der Waals surface area contributed by atoms with Crippen LogP contribution in [-0.4, -0.2) is 18.2 Å². The van der Waals surface area contributed by atoms with Gasteiger partial charge in [-0.15, -0.1) is 0 Å². The predicted molar refractivity (Wildman–Crippen MR) is 85.8 cm³/mol. The molecule has 0 aromatic heterocycles. The van der Waals surface area contributed by atoms with Crippen LogP contribution in [0.25, 0.3) is 0 Å². The van der Waals surface area contributed by atoms with Crippen LogP contribution in [0.5, 0.6) is 5.75 Å². The number of carbonyl (C=O) groups is 1. The van der Waals surface area contributed by atoms with Crippen molar-refractivity contribution in [3.63, 3.8) is 0 Å². The monoisotopic (exact) mass is 290 g/mol. The number of para-hydroxylation sites is 2. The lowest BCUT2D eigenvalue weighted by atomic mass is 9.86. The van der Waals surface area contributed by atoms with Crippen LogP contribution in [0.4, 0.5) is 10.5 Å². The highest BCUT2D eigenvalue weighted by molar-refractivity contribution is 5.91. The summed E-state index contributed by atoms with van der Waals surface area (Å²) in [5, 5.41) is 6.00. The van der Waals surface area contributed by atoms with Gasteiger partial charge in [-0.2, -0.15) is 0 Å². The molecular weight excluding hydrogens is 264 g/mol. The van der Waals surface area contributed by atoms with Crippen molar-refractivity contribution in [1.82, 2.24) is 5.32 Å². The van der Waals surface area contributed by atoms with Crippen molar-refractivity contribution >= 4 is 11.7 Å². The van der Waals surface area contributed by atoms with Crippen molar-refractivity contribution in [2.75, 3.05) is 5.32 Å². The molecule has 0 aliphatic heterocycles. The van der Waals surface area contributed by atoms with Gasteiger partial charge >= 0.3 is 6.03 Å². The van der Waals surface area contributed by atoms with Gasteiger partial charge in [0.2, 0.25) is 0 Å². The minimum atomic E-state index is -0.145. The SMILES string of the molecule is CC(C)Oc1ccccc1NC(=O)NC1CCCCC1C. The van der Waals surface area contributed by atoms with Crippen LogP contribution in [0.2, 0.25) is 0 Å². The Morgan fingerprint density at radius 3 is 2.67 bits per heavy atom. The molecule has 2 unspecified atom stereocenters. The Hall–Kier alpha value is -1.71. The zero-order valence-electron chi connectivity index (χ0n) is 13.2. The molecule has 1 aromatic carbocycles. The molecule has 2 N–H and O–H groups in total. The Morgan fingerprint density at radius 1 is 1.24 bits per heavy atom. The van der Waals surface area contributed by atoms with Crippen LogP contribution in [0, 0.1) is 5.92 Å². The maximum absolute atomic E-state index is 12.2. The number of anilines is 1. The summed E-state index contributed by atoms with van der Waals surface area (Å²) in [6.07, 6.45) is 4.81. The number of rotatable bonds is 4. The Kier molecular flexibility index (Phi) is 5.48. The van der Waals surface area contributed by atoms with Crippen molar-refractivity contribution in [2.45, 2.75) is 58.6 Å². The van der Waals surface area contributed by atoms with Gasteiger partial charge in [-0.3, -0.25) is 0 Å². The Morgan fingerprint density at radius 2 is 1.95 bits per heavy atom. The number of ether oxygens (including phenoxy) is 1. The van der Waals surface area contributed by atoms with Gasteiger partial charge in [0.05, 0.1) is 11.8 Å². The smallest absolute Gasteiger partial charge is 0.319 e. The van der Waals surface area contributed by atoms with E-state index >= 15 is 0 Å². The Balaban J connectivity index is 1.96. The highest BCUT2D eigenvalue weighted by Crippen LogP contribution is 2.26. The van der Waals surface area contributed by atoms with E-state index in [-0.39, 0.29) is 18.2 Å². The summed E-state index contributed by atoms with van der Waals surface area (Å²) in [6, 6.07) is 7.67. The van der Waals surface area contributed by atoms with Crippen molar-refractivity contribution in [3.05, 3.63) is 24.3 Å². The van der Waals surface area contributed by atoms with Crippen LogP contribution < -0.4 is 15.4 Å². The molecule has 21 heavy (non-hydrogen) atoms. The van der Waals surface area contributed by atoms with Crippen LogP contribution in [0.3, 0.4) is 0 Å². The van der Waals surface area contributed by atoms with Crippen LogP contribution >= 0.6 is 0 Å². The summed E-state index contributed by atoms with van der Waals surface area (Å²) in [7, 11) is 0. The van der Waals surface area contributed by atoms with Crippen molar-refractivity contribution in [3.8, 4) is 5.75 Å². The van der Waals surface area contributed by atoms with Crippen molar-refractivity contribution < 1.29 is 9.53 Å². The van der Waals surface area contributed by atoms with E-state index in [1.54, 1.807) is 0 Å². The van der Waals surface area contributed by atoms with E-state index in [9.17, 15) is 4.79 Å². The molecular formula is C17H26N2O2. The second-order valence-electron chi connectivity index (χ2n) is 6.13. The van der Waals surface area contributed by atoms with Gasteiger partial charge in [0, 0.05) is 6.04 Å². The minimum Gasteiger partial charge on any atom is -0.489 e. The van der Waals surface area contributed by atoms with E-state index in [4.69, 9.17) is 4.74 Å². The third-order valence-electron chi connectivity index (χ3n) is 3.93. The number of carbonyl (C=O) groups excluding carboxylic acids is 1. The van der Waals surface area contributed by atoms with Crippen LogP contribution in [-0.2, 0) is 0 Å².